The number of anilines is 1. The molecule has 0 spiro atoms. The molecular weight excluding hydrogens is 326 g/mol. The van der Waals surface area contributed by atoms with Crippen LogP contribution in [0.3, 0.4) is 0 Å². The molecule has 3 rings (SSSR count). The molecule has 0 fully saturated rings. The van der Waals surface area contributed by atoms with Crippen molar-refractivity contribution < 1.29 is 9.59 Å². The molecule has 6 heteroatoms. The number of rotatable bonds is 4. The number of ketones is 1. The van der Waals surface area contributed by atoms with Crippen molar-refractivity contribution in [3.8, 4) is 0 Å². The Bertz CT molecular complexity index is 947. The number of amides is 1. The molecule has 0 aliphatic rings. The van der Waals surface area contributed by atoms with E-state index in [0.29, 0.717) is 22.7 Å². The van der Waals surface area contributed by atoms with Gasteiger partial charge >= 0.3 is 0 Å². The zero-order valence-electron chi connectivity index (χ0n) is 13.3. The van der Waals surface area contributed by atoms with Crippen LogP contribution in [0.1, 0.15) is 22.8 Å². The molecule has 3 aromatic rings. The minimum absolute atomic E-state index is 0.0612. The highest BCUT2D eigenvalue weighted by molar-refractivity contribution is 6.34. The van der Waals surface area contributed by atoms with Crippen molar-refractivity contribution in [2.45, 2.75) is 13.3 Å². The monoisotopic (exact) mass is 341 g/mol. The number of halogens is 1. The molecule has 0 bridgehead atoms. The number of Topliss-reactive ketones (excluding diaryl/α,β-unsaturated/α-hetero) is 1. The van der Waals surface area contributed by atoms with E-state index in [0.717, 1.165) is 16.6 Å². The maximum Gasteiger partial charge on any atom is 0.257 e. The average molecular weight is 342 g/mol. The van der Waals surface area contributed by atoms with Crippen LogP contribution in [-0.2, 0) is 18.3 Å². The van der Waals surface area contributed by atoms with Gasteiger partial charge in [-0.15, -0.1) is 0 Å². The summed E-state index contributed by atoms with van der Waals surface area (Å²) in [6, 6.07) is 8.84. The second-order valence-electron chi connectivity index (χ2n) is 5.68. The van der Waals surface area contributed by atoms with Gasteiger partial charge in [0, 0.05) is 31.2 Å². The topological polar surface area (TPSA) is 64.0 Å². The molecule has 1 aromatic carbocycles. The number of nitrogens with one attached hydrogen (secondary N) is 1. The number of aromatic nitrogens is 2. The Hall–Kier alpha value is -2.66. The highest BCUT2D eigenvalue weighted by Gasteiger charge is 2.15. The predicted octanol–water partition coefficient (Wildman–Crippen LogP) is 3.61. The molecule has 1 N–H and O–H groups in total. The van der Waals surface area contributed by atoms with Crippen LogP contribution >= 0.6 is 11.6 Å². The maximum absolute atomic E-state index is 12.6. The van der Waals surface area contributed by atoms with Crippen LogP contribution in [0.5, 0.6) is 0 Å². The zero-order valence-corrected chi connectivity index (χ0v) is 14.1. The number of fused-ring (bicyclic) bond motifs is 1. The number of hydrogen-bond acceptors (Lipinski definition) is 3. The van der Waals surface area contributed by atoms with E-state index in [1.807, 2.05) is 17.7 Å². The van der Waals surface area contributed by atoms with Gasteiger partial charge in [0.25, 0.3) is 5.91 Å². The SMILES string of the molecule is CC(=O)Cc1ccc(NC(=O)c2cn(C)c3ncccc23)c(Cl)c1. The fourth-order valence-electron chi connectivity index (χ4n) is 2.64. The van der Waals surface area contributed by atoms with Gasteiger partial charge in [0.1, 0.15) is 11.4 Å². The van der Waals surface area contributed by atoms with E-state index >= 15 is 0 Å². The van der Waals surface area contributed by atoms with Crippen molar-refractivity contribution in [2.75, 3.05) is 5.32 Å². The lowest BCUT2D eigenvalue weighted by atomic mass is 10.1. The summed E-state index contributed by atoms with van der Waals surface area (Å²) in [7, 11) is 1.84. The Morgan fingerprint density at radius 1 is 1.29 bits per heavy atom. The van der Waals surface area contributed by atoms with Crippen LogP contribution in [0.25, 0.3) is 11.0 Å². The summed E-state index contributed by atoms with van der Waals surface area (Å²) >= 11 is 6.22. The molecule has 1 amide bonds. The van der Waals surface area contributed by atoms with Gasteiger partial charge in [0.15, 0.2) is 0 Å². The highest BCUT2D eigenvalue weighted by atomic mass is 35.5. The molecular formula is C18H16ClN3O2. The van der Waals surface area contributed by atoms with Gasteiger partial charge in [-0.2, -0.15) is 0 Å². The Morgan fingerprint density at radius 3 is 2.79 bits per heavy atom. The average Bonchev–Trinajstić information content (AvgIpc) is 2.87. The molecule has 0 atom stereocenters. The van der Waals surface area contributed by atoms with Crippen molar-refractivity contribution in [2.24, 2.45) is 7.05 Å². The Labute approximate surface area is 144 Å². The second kappa shape index (κ2) is 6.45. The largest absolute Gasteiger partial charge is 0.335 e. The number of carbonyl (C=O) groups excluding carboxylic acids is 2. The van der Waals surface area contributed by atoms with Crippen molar-refractivity contribution in [3.63, 3.8) is 0 Å². The van der Waals surface area contributed by atoms with E-state index in [1.165, 1.54) is 6.92 Å². The van der Waals surface area contributed by atoms with E-state index in [-0.39, 0.29) is 11.7 Å². The first-order chi connectivity index (χ1) is 11.5. The minimum atomic E-state index is -0.255. The number of pyridine rings is 1. The number of benzene rings is 1. The van der Waals surface area contributed by atoms with Gasteiger partial charge in [-0.25, -0.2) is 4.98 Å². The van der Waals surface area contributed by atoms with Crippen LogP contribution in [0, 0.1) is 0 Å². The van der Waals surface area contributed by atoms with Crippen LogP contribution < -0.4 is 5.32 Å². The lowest BCUT2D eigenvalue weighted by Crippen LogP contribution is -2.12. The molecule has 0 saturated heterocycles. The van der Waals surface area contributed by atoms with E-state index < -0.39 is 0 Å². The molecule has 0 radical (unpaired) electrons. The van der Waals surface area contributed by atoms with E-state index in [1.54, 1.807) is 36.7 Å². The number of aryl methyl sites for hydroxylation is 1. The first-order valence-electron chi connectivity index (χ1n) is 7.45. The van der Waals surface area contributed by atoms with Gasteiger partial charge < -0.3 is 9.88 Å². The molecule has 0 unspecified atom stereocenters. The van der Waals surface area contributed by atoms with Crippen molar-refractivity contribution >= 4 is 40.0 Å². The first-order valence-corrected chi connectivity index (χ1v) is 7.83. The Kier molecular flexibility index (Phi) is 4.36. The summed E-state index contributed by atoms with van der Waals surface area (Å²) < 4.78 is 1.81. The molecule has 122 valence electrons. The smallest absolute Gasteiger partial charge is 0.257 e. The van der Waals surface area contributed by atoms with E-state index in [4.69, 9.17) is 11.6 Å². The molecule has 24 heavy (non-hydrogen) atoms. The second-order valence-corrected chi connectivity index (χ2v) is 6.08. The van der Waals surface area contributed by atoms with E-state index in [2.05, 4.69) is 10.3 Å². The first kappa shape index (κ1) is 16.2. The Balaban J connectivity index is 1.88. The van der Waals surface area contributed by atoms with Gasteiger partial charge in [-0.1, -0.05) is 17.7 Å². The summed E-state index contributed by atoms with van der Waals surface area (Å²) in [5.41, 5.74) is 2.60. The predicted molar refractivity (Wildman–Crippen MR) is 94.5 cm³/mol. The van der Waals surface area contributed by atoms with Crippen LogP contribution in [0.15, 0.2) is 42.7 Å². The molecule has 2 aromatic heterocycles. The quantitative estimate of drug-likeness (QED) is 0.788. The fraction of sp³-hybridized carbons (Fsp3) is 0.167. The zero-order chi connectivity index (χ0) is 17.3. The summed E-state index contributed by atoms with van der Waals surface area (Å²) in [5.74, 6) is -0.194. The van der Waals surface area contributed by atoms with Gasteiger partial charge in [0.05, 0.1) is 16.3 Å². The minimum Gasteiger partial charge on any atom is -0.335 e. The molecule has 2 heterocycles. The molecule has 0 aliphatic carbocycles. The standard InChI is InChI=1S/C18H16ClN3O2/c1-11(23)8-12-5-6-16(15(19)9-12)21-18(24)14-10-22(2)17-13(14)4-3-7-20-17/h3-7,9-10H,8H2,1-2H3,(H,21,24). The van der Waals surface area contributed by atoms with Crippen molar-refractivity contribution in [1.29, 1.82) is 0 Å². The van der Waals surface area contributed by atoms with Gasteiger partial charge in [0.2, 0.25) is 0 Å². The van der Waals surface area contributed by atoms with Gasteiger partial charge in [-0.05, 0) is 36.8 Å². The van der Waals surface area contributed by atoms with Crippen LogP contribution in [0.2, 0.25) is 5.02 Å². The third-order valence-electron chi connectivity index (χ3n) is 3.71. The number of nitrogens with zero attached hydrogens (tertiary/aromatic N) is 2. The lowest BCUT2D eigenvalue weighted by molar-refractivity contribution is -0.116. The summed E-state index contributed by atoms with van der Waals surface area (Å²) in [6.07, 6.45) is 3.75. The van der Waals surface area contributed by atoms with Crippen molar-refractivity contribution in [3.05, 3.63) is 58.9 Å². The molecule has 0 saturated carbocycles. The summed E-state index contributed by atoms with van der Waals surface area (Å²) in [4.78, 5) is 28.0. The van der Waals surface area contributed by atoms with Crippen LogP contribution in [0.4, 0.5) is 5.69 Å². The third-order valence-corrected chi connectivity index (χ3v) is 4.03. The normalized spacial score (nSPS) is 10.8. The van der Waals surface area contributed by atoms with Gasteiger partial charge in [-0.3, -0.25) is 9.59 Å². The maximum atomic E-state index is 12.6. The highest BCUT2D eigenvalue weighted by Crippen LogP contribution is 2.25. The third kappa shape index (κ3) is 3.16. The molecule has 0 aliphatic heterocycles. The fourth-order valence-corrected chi connectivity index (χ4v) is 2.89. The summed E-state index contributed by atoms with van der Waals surface area (Å²) in [5, 5.41) is 4.00. The molecule has 5 nitrogen and oxygen atoms in total. The number of hydrogen-bond donors (Lipinski definition) is 1. The van der Waals surface area contributed by atoms with Crippen LogP contribution in [-0.4, -0.2) is 21.2 Å². The number of carbonyl (C=O) groups is 2. The lowest BCUT2D eigenvalue weighted by Gasteiger charge is -2.08. The Morgan fingerprint density at radius 2 is 2.08 bits per heavy atom. The van der Waals surface area contributed by atoms with Crippen molar-refractivity contribution in [1.82, 2.24) is 9.55 Å². The van der Waals surface area contributed by atoms with E-state index in [9.17, 15) is 9.59 Å². The summed E-state index contributed by atoms with van der Waals surface area (Å²) in [6.45, 7) is 1.53.